The van der Waals surface area contributed by atoms with E-state index in [0.29, 0.717) is 68.2 Å². The number of hydrogen-bond acceptors (Lipinski definition) is 9. The first-order valence-electron chi connectivity index (χ1n) is 17.3. The Morgan fingerprint density at radius 3 is 2.45 bits per heavy atom. The summed E-state index contributed by atoms with van der Waals surface area (Å²) in [7, 11) is 0. The molecule has 4 heterocycles. The lowest BCUT2D eigenvalue weighted by molar-refractivity contribution is -0.150. The second-order valence-corrected chi connectivity index (χ2v) is 13.4. The first kappa shape index (κ1) is 34.5. The van der Waals surface area contributed by atoms with Crippen molar-refractivity contribution in [3.8, 4) is 17.2 Å². The molecule has 0 unspecified atom stereocenters. The Kier molecular flexibility index (Phi) is 11.2. The van der Waals surface area contributed by atoms with Crippen molar-refractivity contribution in [2.45, 2.75) is 69.2 Å². The van der Waals surface area contributed by atoms with Gasteiger partial charge in [0.15, 0.2) is 6.61 Å². The van der Waals surface area contributed by atoms with E-state index in [1.54, 1.807) is 18.2 Å². The molecule has 4 aliphatic heterocycles. The van der Waals surface area contributed by atoms with Crippen LogP contribution in [0.25, 0.3) is 0 Å². The molecule has 6 aliphatic rings. The molecule has 3 N–H and O–H groups in total. The molecule has 0 radical (unpaired) electrons. The number of morpholine rings is 1. The number of rotatable bonds is 5. The summed E-state index contributed by atoms with van der Waals surface area (Å²) < 4.78 is 24.0. The number of nitrogens with zero attached hydrogens (tertiary/aromatic N) is 2. The lowest BCUT2D eigenvalue weighted by Gasteiger charge is -2.48. The summed E-state index contributed by atoms with van der Waals surface area (Å²) in [6.07, 6.45) is 6.66. The highest BCUT2D eigenvalue weighted by Crippen LogP contribution is 2.37. The summed E-state index contributed by atoms with van der Waals surface area (Å²) in [4.78, 5) is 53.6. The summed E-state index contributed by atoms with van der Waals surface area (Å²) in [6, 6.07) is 12.1. The molecule has 8 rings (SSSR count). The second kappa shape index (κ2) is 15.9. The van der Waals surface area contributed by atoms with Crippen molar-refractivity contribution in [1.29, 1.82) is 0 Å². The van der Waals surface area contributed by atoms with Gasteiger partial charge in [0, 0.05) is 37.8 Å². The molecule has 2 aliphatic carbocycles. The quantitative estimate of drug-likeness (QED) is 0.402. The minimum atomic E-state index is -0.551. The minimum Gasteiger partial charge on any atom is -0.493 e. The SMILES string of the molecule is O=C1COc2cc(OCC3CC3)cc(c2)C(=O)N[C@H]2CN(C(=O)C3(N4CCOCC4)CCCCC3)C[C@@H]2Oc2ccc(cc2)CN1.O=CO. The maximum absolute atomic E-state index is 14.5. The molecule has 0 aromatic heterocycles. The fraction of sp³-hybridized carbons (Fsp3) is 0.556. The Labute approximate surface area is 286 Å². The molecule has 2 saturated heterocycles. The summed E-state index contributed by atoms with van der Waals surface area (Å²) >= 11 is 0. The van der Waals surface area contributed by atoms with E-state index in [2.05, 4.69) is 15.5 Å². The molecule has 2 aromatic carbocycles. The van der Waals surface area contributed by atoms with Crippen molar-refractivity contribution in [2.75, 3.05) is 52.6 Å². The monoisotopic (exact) mass is 678 g/mol. The maximum Gasteiger partial charge on any atom is 0.290 e. The molecule has 4 bridgehead atoms. The van der Waals surface area contributed by atoms with Crippen LogP contribution in [0.3, 0.4) is 0 Å². The van der Waals surface area contributed by atoms with E-state index in [1.165, 1.54) is 0 Å². The first-order chi connectivity index (χ1) is 23.9. The fourth-order valence-electron chi connectivity index (χ4n) is 7.17. The van der Waals surface area contributed by atoms with E-state index in [0.717, 1.165) is 63.6 Å². The van der Waals surface area contributed by atoms with Gasteiger partial charge in [-0.25, -0.2) is 0 Å². The summed E-state index contributed by atoms with van der Waals surface area (Å²) in [5, 5.41) is 13.0. The van der Waals surface area contributed by atoms with E-state index in [1.807, 2.05) is 29.2 Å². The van der Waals surface area contributed by atoms with Crippen LogP contribution in [0.2, 0.25) is 0 Å². The lowest BCUT2D eigenvalue weighted by atomic mass is 9.78. The van der Waals surface area contributed by atoms with Gasteiger partial charge in [0.05, 0.1) is 32.4 Å². The van der Waals surface area contributed by atoms with Crippen LogP contribution >= 0.6 is 0 Å². The topological polar surface area (TPSA) is 156 Å². The third kappa shape index (κ3) is 8.63. The van der Waals surface area contributed by atoms with Gasteiger partial charge in [0.25, 0.3) is 18.3 Å². The highest BCUT2D eigenvalue weighted by Gasteiger charge is 2.50. The molecule has 13 heteroatoms. The van der Waals surface area contributed by atoms with Crippen LogP contribution < -0.4 is 24.8 Å². The Morgan fingerprint density at radius 2 is 1.73 bits per heavy atom. The summed E-state index contributed by atoms with van der Waals surface area (Å²) in [6.45, 7) is 3.94. The third-order valence-electron chi connectivity index (χ3n) is 9.96. The van der Waals surface area contributed by atoms with Crippen LogP contribution in [0.15, 0.2) is 42.5 Å². The van der Waals surface area contributed by atoms with Gasteiger partial charge >= 0.3 is 0 Å². The van der Waals surface area contributed by atoms with Crippen LogP contribution in [0, 0.1) is 5.92 Å². The number of fused-ring (bicyclic) bond motifs is 7. The zero-order valence-electron chi connectivity index (χ0n) is 27.8. The van der Waals surface area contributed by atoms with Gasteiger partial charge in [-0.15, -0.1) is 0 Å². The molecular formula is C36H46N4O9. The second-order valence-electron chi connectivity index (χ2n) is 13.4. The standard InChI is InChI=1S/C35H44N4O7.CH2O2/c40-32-23-45-29-17-26(16-28(18-29)44-22-25-4-5-25)33(41)37-30-20-38(21-31(30)46-27-8-6-24(7-9-27)19-36-32)34(42)35(10-2-1-3-11-35)39-12-14-43-15-13-39;2-1-3/h6-9,16-18,25,30-31H,1-5,10-15,19-23H2,(H,36,40)(H,37,41);1H,(H,2,3)/t30-,31-;/m0./s1. The smallest absolute Gasteiger partial charge is 0.290 e. The van der Waals surface area contributed by atoms with Crippen LogP contribution in [-0.4, -0.2) is 109 Å². The highest BCUT2D eigenvalue weighted by molar-refractivity contribution is 5.95. The van der Waals surface area contributed by atoms with Gasteiger partial charge in [-0.2, -0.15) is 0 Å². The van der Waals surface area contributed by atoms with Crippen LogP contribution in [-0.2, 0) is 25.7 Å². The molecule has 0 spiro atoms. The molecular weight excluding hydrogens is 632 g/mol. The molecule has 3 amide bonds. The zero-order chi connectivity index (χ0) is 34.2. The number of benzene rings is 2. The van der Waals surface area contributed by atoms with Crippen LogP contribution in [0.5, 0.6) is 17.2 Å². The van der Waals surface area contributed by atoms with Crippen molar-refractivity contribution in [1.82, 2.24) is 20.4 Å². The van der Waals surface area contributed by atoms with Gasteiger partial charge in [-0.1, -0.05) is 31.4 Å². The van der Waals surface area contributed by atoms with Crippen LogP contribution in [0.4, 0.5) is 0 Å². The number of carbonyl (C=O) groups is 4. The normalized spacial score (nSPS) is 24.0. The maximum atomic E-state index is 14.5. The number of amides is 3. The van der Waals surface area contributed by atoms with E-state index in [9.17, 15) is 14.4 Å². The molecule has 2 aromatic rings. The average Bonchev–Trinajstić information content (AvgIpc) is 3.89. The largest absolute Gasteiger partial charge is 0.493 e. The predicted octanol–water partition coefficient (Wildman–Crippen LogP) is 2.61. The van der Waals surface area contributed by atoms with Gasteiger partial charge in [0.1, 0.15) is 28.9 Å². The Morgan fingerprint density at radius 1 is 1.00 bits per heavy atom. The average molecular weight is 679 g/mol. The van der Waals surface area contributed by atoms with E-state index in [-0.39, 0.29) is 30.8 Å². The fourth-order valence-corrected chi connectivity index (χ4v) is 7.17. The molecule has 49 heavy (non-hydrogen) atoms. The lowest BCUT2D eigenvalue weighted by Crippen LogP contribution is -2.63. The highest BCUT2D eigenvalue weighted by atomic mass is 16.5. The molecule has 4 fully saturated rings. The minimum absolute atomic E-state index is 0.124. The van der Waals surface area contributed by atoms with Gasteiger partial charge in [-0.05, 0) is 61.4 Å². The first-order valence-corrected chi connectivity index (χ1v) is 17.3. The van der Waals surface area contributed by atoms with Gasteiger partial charge < -0.3 is 39.6 Å². The van der Waals surface area contributed by atoms with Crippen molar-refractivity contribution in [2.24, 2.45) is 5.92 Å². The number of hydrogen-bond donors (Lipinski definition) is 3. The molecule has 2 saturated carbocycles. The number of likely N-dealkylation sites (tertiary alicyclic amines) is 1. The zero-order valence-corrected chi connectivity index (χ0v) is 27.8. The Balaban J connectivity index is 0.00000134. The molecule has 264 valence electrons. The molecule has 13 nitrogen and oxygen atoms in total. The number of carbonyl (C=O) groups excluding carboxylic acids is 3. The van der Waals surface area contributed by atoms with Crippen molar-refractivity contribution in [3.05, 3.63) is 53.6 Å². The molecule has 2 atom stereocenters. The summed E-state index contributed by atoms with van der Waals surface area (Å²) in [5.74, 6) is 1.60. The van der Waals surface area contributed by atoms with Gasteiger partial charge in [0.2, 0.25) is 5.91 Å². The number of nitrogens with one attached hydrogen (secondary N) is 2. The Bertz CT molecular complexity index is 1470. The van der Waals surface area contributed by atoms with Crippen LogP contribution in [0.1, 0.15) is 60.9 Å². The number of carboxylic acid groups (broad SMARTS) is 1. The van der Waals surface area contributed by atoms with Crippen molar-refractivity contribution < 1.29 is 43.2 Å². The van der Waals surface area contributed by atoms with Crippen molar-refractivity contribution in [3.63, 3.8) is 0 Å². The van der Waals surface area contributed by atoms with E-state index >= 15 is 0 Å². The van der Waals surface area contributed by atoms with E-state index < -0.39 is 17.7 Å². The Hall–Kier alpha value is -4.36. The van der Waals surface area contributed by atoms with Crippen molar-refractivity contribution >= 4 is 24.2 Å². The van der Waals surface area contributed by atoms with E-state index in [4.69, 9.17) is 28.8 Å². The predicted molar refractivity (Wildman–Crippen MR) is 178 cm³/mol. The number of ether oxygens (including phenoxy) is 4. The third-order valence-corrected chi connectivity index (χ3v) is 9.96. The van der Waals surface area contributed by atoms with Gasteiger partial charge in [-0.3, -0.25) is 24.1 Å². The summed E-state index contributed by atoms with van der Waals surface area (Å²) in [5.41, 5.74) is 0.725.